The number of pyridine rings is 3. The van der Waals surface area contributed by atoms with Crippen molar-refractivity contribution in [1.82, 2.24) is 25.2 Å². The van der Waals surface area contributed by atoms with Crippen LogP contribution in [0.5, 0.6) is 5.88 Å². The van der Waals surface area contributed by atoms with E-state index in [1.807, 2.05) is 12.1 Å². The van der Waals surface area contributed by atoms with Gasteiger partial charge in [-0.15, -0.1) is 11.8 Å². The average molecular weight is 499 g/mol. The van der Waals surface area contributed by atoms with Crippen molar-refractivity contribution in [3.8, 4) is 5.88 Å². The molecule has 1 saturated heterocycles. The molecule has 2 atom stereocenters. The van der Waals surface area contributed by atoms with E-state index in [1.54, 1.807) is 12.1 Å². The Bertz CT molecular complexity index is 1250. The summed E-state index contributed by atoms with van der Waals surface area (Å²) in [5.41, 5.74) is 2.47. The number of aromatic nitrogens is 3. The molecule has 2 aliphatic heterocycles. The lowest BCUT2D eigenvalue weighted by atomic mass is 10.1. The van der Waals surface area contributed by atoms with Crippen LogP contribution in [0.15, 0.2) is 35.4 Å². The summed E-state index contributed by atoms with van der Waals surface area (Å²) in [6, 6.07) is 7.40. The second-order valence-electron chi connectivity index (χ2n) is 8.76. The molecule has 0 bridgehead atoms. The SMILES string of the molecule is COc1ccc2ncc(F)c(CCN3CC(CNCc4ccc5c(n4)NC(=O)CS5)[C@@H](O)C3)c2n1. The van der Waals surface area contributed by atoms with Gasteiger partial charge in [0.2, 0.25) is 11.8 Å². The highest BCUT2D eigenvalue weighted by Crippen LogP contribution is 2.29. The van der Waals surface area contributed by atoms with Gasteiger partial charge in [-0.05, 0) is 24.6 Å². The number of β-amino-alcohol motifs (C(OH)–C–C–N with tert-alkyl or cyclic N) is 1. The standard InChI is InChI=1S/C24H27FN6O3S/c1-34-22-5-3-18-23(30-22)16(17(25)10-27-18)6-7-31-11-14(19(32)12-31)8-26-9-15-2-4-20-24(28-15)29-21(33)13-35-20/h2-5,10,14,19,26,32H,6-9,11-13H2,1H3,(H,28,29,33)/t14?,19-/m0/s1. The fourth-order valence-electron chi connectivity index (χ4n) is 4.51. The number of halogens is 1. The van der Waals surface area contributed by atoms with Crippen LogP contribution in [0.25, 0.3) is 11.0 Å². The molecule has 0 aliphatic carbocycles. The topological polar surface area (TPSA) is 112 Å². The summed E-state index contributed by atoms with van der Waals surface area (Å²) in [4.78, 5) is 27.8. The predicted molar refractivity (Wildman–Crippen MR) is 131 cm³/mol. The highest BCUT2D eigenvalue weighted by Gasteiger charge is 2.31. The molecule has 1 fully saturated rings. The smallest absolute Gasteiger partial charge is 0.235 e. The quantitative estimate of drug-likeness (QED) is 0.428. The number of nitrogens with one attached hydrogen (secondary N) is 2. The molecular weight excluding hydrogens is 471 g/mol. The Hall–Kier alpha value is -2.86. The van der Waals surface area contributed by atoms with Crippen LogP contribution >= 0.6 is 11.8 Å². The van der Waals surface area contributed by atoms with Crippen molar-refractivity contribution < 1.29 is 19.0 Å². The van der Waals surface area contributed by atoms with Gasteiger partial charge in [-0.25, -0.2) is 14.4 Å². The lowest BCUT2D eigenvalue weighted by Gasteiger charge is -2.18. The van der Waals surface area contributed by atoms with Crippen molar-refractivity contribution in [3.63, 3.8) is 0 Å². The maximum atomic E-state index is 14.6. The van der Waals surface area contributed by atoms with Crippen molar-refractivity contribution in [2.75, 3.05) is 44.4 Å². The zero-order valence-electron chi connectivity index (χ0n) is 19.3. The molecule has 2 aliphatic rings. The number of aliphatic hydroxyl groups is 1. The van der Waals surface area contributed by atoms with E-state index in [-0.39, 0.29) is 17.6 Å². The van der Waals surface area contributed by atoms with Crippen LogP contribution in [0.2, 0.25) is 0 Å². The van der Waals surface area contributed by atoms with Gasteiger partial charge in [0.25, 0.3) is 0 Å². The molecule has 9 nitrogen and oxygen atoms in total. The maximum Gasteiger partial charge on any atom is 0.235 e. The van der Waals surface area contributed by atoms with E-state index in [1.165, 1.54) is 25.1 Å². The molecule has 3 aromatic rings. The van der Waals surface area contributed by atoms with Gasteiger partial charge < -0.3 is 25.4 Å². The minimum atomic E-state index is -0.466. The van der Waals surface area contributed by atoms with E-state index in [4.69, 9.17) is 4.74 Å². The number of likely N-dealkylation sites (tertiary alicyclic amines) is 1. The first-order valence-electron chi connectivity index (χ1n) is 11.5. The molecule has 5 heterocycles. The van der Waals surface area contributed by atoms with Crippen molar-refractivity contribution >= 4 is 34.5 Å². The zero-order chi connectivity index (χ0) is 24.4. The van der Waals surface area contributed by atoms with E-state index in [0.29, 0.717) is 73.2 Å². The summed E-state index contributed by atoms with van der Waals surface area (Å²) in [6.07, 6.45) is 1.23. The maximum absolute atomic E-state index is 14.6. The van der Waals surface area contributed by atoms with Crippen LogP contribution in [0.4, 0.5) is 10.2 Å². The minimum absolute atomic E-state index is 0.0381. The summed E-state index contributed by atoms with van der Waals surface area (Å²) < 4.78 is 19.8. The van der Waals surface area contributed by atoms with Gasteiger partial charge in [-0.3, -0.25) is 9.78 Å². The number of rotatable bonds is 8. The Balaban J connectivity index is 1.15. The highest BCUT2D eigenvalue weighted by molar-refractivity contribution is 8.00. The van der Waals surface area contributed by atoms with E-state index in [2.05, 4.69) is 30.5 Å². The number of fused-ring (bicyclic) bond motifs is 2. The molecule has 0 radical (unpaired) electrons. The molecule has 35 heavy (non-hydrogen) atoms. The monoisotopic (exact) mass is 498 g/mol. The highest BCUT2D eigenvalue weighted by atomic mass is 32.2. The first kappa shape index (κ1) is 23.9. The normalized spacial score (nSPS) is 20.1. The second-order valence-corrected chi connectivity index (χ2v) is 9.78. The van der Waals surface area contributed by atoms with Gasteiger partial charge in [0.15, 0.2) is 0 Å². The van der Waals surface area contributed by atoms with Crippen LogP contribution in [-0.4, -0.2) is 76.0 Å². The zero-order valence-corrected chi connectivity index (χ0v) is 20.1. The summed E-state index contributed by atoms with van der Waals surface area (Å²) in [7, 11) is 1.53. The van der Waals surface area contributed by atoms with Gasteiger partial charge in [0.1, 0.15) is 11.6 Å². The summed E-state index contributed by atoms with van der Waals surface area (Å²) >= 11 is 1.49. The predicted octanol–water partition coefficient (Wildman–Crippen LogP) is 1.84. The molecule has 184 valence electrons. The van der Waals surface area contributed by atoms with Crippen LogP contribution in [0.3, 0.4) is 0 Å². The molecule has 0 aromatic carbocycles. The Morgan fingerprint density at radius 1 is 1.29 bits per heavy atom. The second kappa shape index (κ2) is 10.4. The number of anilines is 1. The van der Waals surface area contributed by atoms with Gasteiger partial charge in [-0.1, -0.05) is 0 Å². The Morgan fingerprint density at radius 2 is 2.17 bits per heavy atom. The van der Waals surface area contributed by atoms with Crippen LogP contribution in [0, 0.1) is 11.7 Å². The van der Waals surface area contributed by atoms with Crippen LogP contribution < -0.4 is 15.4 Å². The van der Waals surface area contributed by atoms with E-state index in [0.717, 1.165) is 10.6 Å². The largest absolute Gasteiger partial charge is 0.481 e. The molecule has 5 rings (SSSR count). The van der Waals surface area contributed by atoms with Crippen molar-refractivity contribution in [1.29, 1.82) is 0 Å². The third-order valence-corrected chi connectivity index (χ3v) is 7.40. The lowest BCUT2D eigenvalue weighted by Crippen LogP contribution is -2.30. The third kappa shape index (κ3) is 5.37. The number of methoxy groups -OCH3 is 1. The first-order chi connectivity index (χ1) is 17.0. The molecule has 3 aromatic heterocycles. The Kier molecular flexibility index (Phi) is 7.09. The summed E-state index contributed by atoms with van der Waals surface area (Å²) in [6.45, 7) is 3.02. The third-order valence-electron chi connectivity index (χ3n) is 6.35. The first-order valence-corrected chi connectivity index (χ1v) is 12.5. The summed E-state index contributed by atoms with van der Waals surface area (Å²) in [5, 5.41) is 16.8. The van der Waals surface area contributed by atoms with Crippen molar-refractivity contribution in [3.05, 3.63) is 47.5 Å². The van der Waals surface area contributed by atoms with E-state index < -0.39 is 6.10 Å². The number of nitrogens with zero attached hydrogens (tertiary/aromatic N) is 4. The lowest BCUT2D eigenvalue weighted by molar-refractivity contribution is -0.113. The van der Waals surface area contributed by atoms with Crippen LogP contribution in [-0.2, 0) is 17.8 Å². The number of ether oxygens (including phenoxy) is 1. The Morgan fingerprint density at radius 3 is 3.03 bits per heavy atom. The fourth-order valence-corrected chi connectivity index (χ4v) is 5.27. The molecule has 11 heteroatoms. The van der Waals surface area contributed by atoms with Gasteiger partial charge in [-0.2, -0.15) is 0 Å². The number of hydrogen-bond acceptors (Lipinski definition) is 9. The average Bonchev–Trinajstić information content (AvgIpc) is 3.21. The van der Waals surface area contributed by atoms with Gasteiger partial charge in [0, 0.05) is 50.3 Å². The number of aliphatic hydroxyl groups excluding tert-OH is 1. The molecule has 0 spiro atoms. The number of carbonyl (C=O) groups is 1. The number of amides is 1. The van der Waals surface area contributed by atoms with Crippen molar-refractivity contribution in [2.24, 2.45) is 5.92 Å². The van der Waals surface area contributed by atoms with Gasteiger partial charge in [0.05, 0.1) is 46.8 Å². The molecule has 3 N–H and O–H groups in total. The molecule has 1 amide bonds. The number of hydrogen-bond donors (Lipinski definition) is 3. The van der Waals surface area contributed by atoms with E-state index in [9.17, 15) is 14.3 Å². The van der Waals surface area contributed by atoms with Crippen LogP contribution in [0.1, 0.15) is 11.3 Å². The van der Waals surface area contributed by atoms with Gasteiger partial charge >= 0.3 is 0 Å². The summed E-state index contributed by atoms with van der Waals surface area (Å²) in [5.74, 6) is 1.08. The van der Waals surface area contributed by atoms with E-state index >= 15 is 0 Å². The van der Waals surface area contributed by atoms with Crippen molar-refractivity contribution in [2.45, 2.75) is 24.0 Å². The number of thioether (sulfide) groups is 1. The Labute approximate surface area is 206 Å². The molecular formula is C24H27FN6O3S. The molecule has 0 saturated carbocycles. The molecule has 1 unspecified atom stereocenters. The fraction of sp³-hybridized carbons (Fsp3) is 0.417. The minimum Gasteiger partial charge on any atom is -0.481 e. The number of carbonyl (C=O) groups excluding carboxylic acids is 1.